The van der Waals surface area contributed by atoms with Gasteiger partial charge in [-0.05, 0) is 29.8 Å². The van der Waals surface area contributed by atoms with Gasteiger partial charge in [-0.25, -0.2) is 4.98 Å². The smallest absolute Gasteiger partial charge is 0.493 e. The molecule has 0 aliphatic carbocycles. The van der Waals surface area contributed by atoms with Crippen LogP contribution in [0.2, 0.25) is 5.28 Å². The van der Waals surface area contributed by atoms with Crippen LogP contribution in [0.1, 0.15) is 0 Å². The Morgan fingerprint density at radius 2 is 1.82 bits per heavy atom. The molecule has 0 bridgehead atoms. The zero-order valence-electron chi connectivity index (χ0n) is 10.7. The second-order valence-electron chi connectivity index (χ2n) is 4.24. The van der Waals surface area contributed by atoms with Gasteiger partial charge in [-0.3, -0.25) is 4.57 Å². The number of nitrogens with zero attached hydrogens (tertiary/aromatic N) is 3. The van der Waals surface area contributed by atoms with Gasteiger partial charge in [-0.15, -0.1) is 13.2 Å². The predicted molar refractivity (Wildman–Crippen MR) is 72.2 cm³/mol. The van der Waals surface area contributed by atoms with Crippen LogP contribution in [0.3, 0.4) is 0 Å². The number of aromatic nitrogens is 3. The minimum Gasteiger partial charge on any atom is -0.493 e. The van der Waals surface area contributed by atoms with Crippen molar-refractivity contribution >= 4 is 22.8 Å². The molecular formula is C13H7ClF3N3O2. The fourth-order valence-electron chi connectivity index (χ4n) is 1.99. The molecule has 9 heteroatoms. The molecule has 2 aromatic heterocycles. The summed E-state index contributed by atoms with van der Waals surface area (Å²) in [6, 6.07) is 8.18. The van der Waals surface area contributed by atoms with E-state index in [-0.39, 0.29) is 22.5 Å². The fourth-order valence-corrected chi connectivity index (χ4v) is 2.25. The molecule has 5 nitrogen and oxygen atoms in total. The van der Waals surface area contributed by atoms with E-state index in [1.807, 2.05) is 0 Å². The second-order valence-corrected chi connectivity index (χ2v) is 4.58. The molecule has 2 heterocycles. The van der Waals surface area contributed by atoms with Crippen molar-refractivity contribution in [3.05, 3.63) is 41.7 Å². The first-order chi connectivity index (χ1) is 10.3. The number of fused-ring (bicyclic) bond motifs is 1. The van der Waals surface area contributed by atoms with Crippen LogP contribution in [-0.2, 0) is 0 Å². The van der Waals surface area contributed by atoms with E-state index in [0.717, 1.165) is 10.6 Å². The Morgan fingerprint density at radius 3 is 2.55 bits per heavy atom. The lowest BCUT2D eigenvalue weighted by Gasteiger charge is -2.14. The maximum Gasteiger partial charge on any atom is 0.573 e. The number of ether oxygens (including phenoxy) is 1. The van der Waals surface area contributed by atoms with Crippen molar-refractivity contribution in [3.8, 4) is 17.3 Å². The molecular weight excluding hydrogens is 323 g/mol. The molecule has 0 unspecified atom stereocenters. The van der Waals surface area contributed by atoms with Crippen molar-refractivity contribution in [2.45, 2.75) is 6.36 Å². The lowest BCUT2D eigenvalue weighted by Crippen LogP contribution is -2.18. The molecule has 0 radical (unpaired) electrons. The highest BCUT2D eigenvalue weighted by Gasteiger charge is 2.32. The summed E-state index contributed by atoms with van der Waals surface area (Å²) in [6.07, 6.45) is -4.85. The molecule has 22 heavy (non-hydrogen) atoms. The number of hydrogen-bond donors (Lipinski definition) is 1. The van der Waals surface area contributed by atoms with E-state index < -0.39 is 12.1 Å². The van der Waals surface area contributed by atoms with Crippen LogP contribution in [0.4, 0.5) is 13.2 Å². The molecule has 0 aliphatic rings. The fraction of sp³-hybridized carbons (Fsp3) is 0.0769. The maximum atomic E-state index is 12.5. The van der Waals surface area contributed by atoms with Gasteiger partial charge in [0.15, 0.2) is 11.4 Å². The third kappa shape index (κ3) is 2.64. The van der Waals surface area contributed by atoms with E-state index in [4.69, 9.17) is 11.6 Å². The predicted octanol–water partition coefficient (Wildman–Crippen LogP) is 3.68. The number of imidazole rings is 1. The van der Waals surface area contributed by atoms with Crippen molar-refractivity contribution < 1.29 is 23.0 Å². The van der Waals surface area contributed by atoms with Crippen molar-refractivity contribution in [1.29, 1.82) is 0 Å². The first-order valence-corrected chi connectivity index (χ1v) is 6.32. The average Bonchev–Trinajstić information content (AvgIpc) is 2.73. The minimum absolute atomic E-state index is 0.00502. The lowest BCUT2D eigenvalue weighted by molar-refractivity contribution is -0.274. The number of alkyl halides is 3. The lowest BCUT2D eigenvalue weighted by atomic mass is 10.3. The second kappa shape index (κ2) is 5.06. The van der Waals surface area contributed by atoms with Gasteiger partial charge >= 0.3 is 6.36 Å². The summed E-state index contributed by atoms with van der Waals surface area (Å²) in [5, 5.41) is 9.35. The first kappa shape index (κ1) is 14.5. The largest absolute Gasteiger partial charge is 0.573 e. The highest BCUT2D eigenvalue weighted by molar-refractivity contribution is 6.29. The minimum atomic E-state index is -4.85. The Morgan fingerprint density at radius 1 is 1.09 bits per heavy atom. The third-order valence-electron chi connectivity index (χ3n) is 2.78. The van der Waals surface area contributed by atoms with Crippen LogP contribution < -0.4 is 4.74 Å². The summed E-state index contributed by atoms with van der Waals surface area (Å²) in [4.78, 5) is 7.83. The Labute approximate surface area is 126 Å². The van der Waals surface area contributed by atoms with Crippen molar-refractivity contribution in [1.82, 2.24) is 14.5 Å². The van der Waals surface area contributed by atoms with Crippen molar-refractivity contribution in [2.75, 3.05) is 0 Å². The van der Waals surface area contributed by atoms with Gasteiger partial charge in [-0.2, -0.15) is 4.98 Å². The average molecular weight is 330 g/mol. The molecule has 0 atom stereocenters. The highest BCUT2D eigenvalue weighted by atomic mass is 35.5. The molecule has 3 aromatic rings. The summed E-state index contributed by atoms with van der Waals surface area (Å²) in [6.45, 7) is 0. The van der Waals surface area contributed by atoms with E-state index >= 15 is 0 Å². The van der Waals surface area contributed by atoms with E-state index in [9.17, 15) is 18.3 Å². The number of benzene rings is 1. The standard InChI is InChI=1S/C13H7ClF3N3O2/c14-12-18-7-5-6-10(21)19-11(7)20(12)8-3-1-2-4-9(8)22-13(15,16)17/h1-6H,(H,19,21). The van der Waals surface area contributed by atoms with Crippen LogP contribution in [0.25, 0.3) is 16.9 Å². The number of halogens is 4. The third-order valence-corrected chi connectivity index (χ3v) is 3.03. The Balaban J connectivity index is 2.24. The molecule has 1 aromatic carbocycles. The van der Waals surface area contributed by atoms with Crippen LogP contribution in [0.15, 0.2) is 36.4 Å². The summed E-state index contributed by atoms with van der Waals surface area (Å²) in [5.74, 6) is -0.763. The van der Waals surface area contributed by atoms with Crippen molar-refractivity contribution in [3.63, 3.8) is 0 Å². The molecule has 0 aliphatic heterocycles. The van der Waals surface area contributed by atoms with Crippen LogP contribution in [0, 0.1) is 0 Å². The first-order valence-electron chi connectivity index (χ1n) is 5.94. The molecule has 0 spiro atoms. The van der Waals surface area contributed by atoms with Gasteiger partial charge in [-0.1, -0.05) is 12.1 Å². The van der Waals surface area contributed by atoms with Gasteiger partial charge < -0.3 is 9.84 Å². The maximum absolute atomic E-state index is 12.5. The SMILES string of the molecule is Oc1ccc2nc(Cl)n(-c3ccccc3OC(F)(F)F)c2n1. The summed E-state index contributed by atoms with van der Waals surface area (Å²) < 4.78 is 42.7. The number of para-hydroxylation sites is 2. The molecule has 0 fully saturated rings. The van der Waals surface area contributed by atoms with Gasteiger partial charge in [0.2, 0.25) is 11.2 Å². The van der Waals surface area contributed by atoms with Crippen LogP contribution in [-0.4, -0.2) is 26.0 Å². The molecule has 114 valence electrons. The quantitative estimate of drug-likeness (QED) is 0.779. The van der Waals surface area contributed by atoms with E-state index in [1.54, 1.807) is 0 Å². The van der Waals surface area contributed by atoms with Crippen LogP contribution in [0.5, 0.6) is 11.6 Å². The van der Waals surface area contributed by atoms with E-state index in [0.29, 0.717) is 5.52 Å². The van der Waals surface area contributed by atoms with Crippen LogP contribution >= 0.6 is 11.6 Å². The highest BCUT2D eigenvalue weighted by Crippen LogP contribution is 2.33. The zero-order chi connectivity index (χ0) is 15.9. The summed E-state index contributed by atoms with van der Waals surface area (Å²) in [7, 11) is 0. The van der Waals surface area contributed by atoms with Gasteiger partial charge in [0.25, 0.3) is 0 Å². The topological polar surface area (TPSA) is 60.2 Å². The van der Waals surface area contributed by atoms with Gasteiger partial charge in [0.1, 0.15) is 5.52 Å². The van der Waals surface area contributed by atoms with Crippen molar-refractivity contribution in [2.24, 2.45) is 0 Å². The summed E-state index contributed by atoms with van der Waals surface area (Å²) >= 11 is 5.99. The Bertz CT molecular complexity index is 848. The van der Waals surface area contributed by atoms with Gasteiger partial charge in [0, 0.05) is 6.07 Å². The molecule has 3 rings (SSSR count). The molecule has 0 saturated carbocycles. The zero-order valence-corrected chi connectivity index (χ0v) is 11.4. The molecule has 0 saturated heterocycles. The number of rotatable bonds is 2. The monoisotopic (exact) mass is 329 g/mol. The Kier molecular flexibility index (Phi) is 3.32. The number of aromatic hydroxyl groups is 1. The van der Waals surface area contributed by atoms with E-state index in [1.165, 1.54) is 30.3 Å². The Hall–Kier alpha value is -2.48. The molecule has 0 amide bonds. The number of pyridine rings is 1. The normalized spacial score (nSPS) is 11.8. The summed E-state index contributed by atoms with van der Waals surface area (Å²) in [5.41, 5.74) is 0.443. The molecule has 1 N–H and O–H groups in total. The van der Waals surface area contributed by atoms with E-state index in [2.05, 4.69) is 14.7 Å². The number of hydrogen-bond acceptors (Lipinski definition) is 4. The van der Waals surface area contributed by atoms with Gasteiger partial charge in [0.05, 0.1) is 5.69 Å².